The summed E-state index contributed by atoms with van der Waals surface area (Å²) in [5.41, 5.74) is 0.615. The molecule has 0 unspecified atom stereocenters. The lowest BCUT2D eigenvalue weighted by molar-refractivity contribution is 0.0690. The highest BCUT2D eigenvalue weighted by molar-refractivity contribution is 9.10. The highest BCUT2D eigenvalue weighted by atomic mass is 79.9. The third-order valence-electron chi connectivity index (χ3n) is 2.38. The molecule has 1 amide bonds. The molecule has 0 bridgehead atoms. The molecular formula is C13H10BrN3O4. The third-order valence-corrected chi connectivity index (χ3v) is 2.94. The van der Waals surface area contributed by atoms with Gasteiger partial charge in [-0.1, -0.05) is 30.3 Å². The summed E-state index contributed by atoms with van der Waals surface area (Å²) in [4.78, 5) is 29.8. The maximum atomic E-state index is 11.6. The van der Waals surface area contributed by atoms with Crippen LogP contribution in [-0.2, 0) is 11.3 Å². The number of benzene rings is 1. The molecule has 0 fully saturated rings. The molecule has 0 radical (unpaired) electrons. The summed E-state index contributed by atoms with van der Waals surface area (Å²) in [6.07, 6.45) is 0.330. The van der Waals surface area contributed by atoms with E-state index in [1.165, 1.54) is 0 Å². The first kappa shape index (κ1) is 14.9. The third kappa shape index (κ3) is 4.25. The van der Waals surface area contributed by atoms with Gasteiger partial charge in [-0.05, 0) is 21.5 Å². The van der Waals surface area contributed by atoms with Crippen LogP contribution in [-0.4, -0.2) is 27.1 Å². The molecule has 1 aromatic carbocycles. The van der Waals surface area contributed by atoms with E-state index in [9.17, 15) is 9.59 Å². The van der Waals surface area contributed by atoms with Crippen molar-refractivity contribution in [3.8, 4) is 0 Å². The van der Waals surface area contributed by atoms with Crippen LogP contribution >= 0.6 is 15.9 Å². The van der Waals surface area contributed by atoms with Gasteiger partial charge in [0.2, 0.25) is 0 Å². The van der Waals surface area contributed by atoms with E-state index in [1.54, 1.807) is 0 Å². The number of carboxylic acid groups (broad SMARTS) is 1. The van der Waals surface area contributed by atoms with Gasteiger partial charge in [-0.25, -0.2) is 19.6 Å². The second kappa shape index (κ2) is 6.80. The number of nitrogens with one attached hydrogen (secondary N) is 1. The first-order valence-electron chi connectivity index (χ1n) is 5.80. The fourth-order valence-electron chi connectivity index (χ4n) is 1.41. The summed E-state index contributed by atoms with van der Waals surface area (Å²) < 4.78 is 5.12. The van der Waals surface area contributed by atoms with Crippen molar-refractivity contribution < 1.29 is 19.4 Å². The Morgan fingerprint density at radius 2 is 2.00 bits per heavy atom. The molecule has 2 N–H and O–H groups in total. The first-order chi connectivity index (χ1) is 10.1. The highest BCUT2D eigenvalue weighted by Crippen LogP contribution is 2.17. The van der Waals surface area contributed by atoms with Gasteiger partial charge in [0.1, 0.15) is 11.2 Å². The molecule has 21 heavy (non-hydrogen) atoms. The molecule has 1 heterocycles. The summed E-state index contributed by atoms with van der Waals surface area (Å²) >= 11 is 3.03. The number of hydrogen-bond donors (Lipinski definition) is 2. The lowest BCUT2D eigenvalue weighted by atomic mass is 10.2. The van der Waals surface area contributed by atoms with Crippen LogP contribution in [0, 0.1) is 0 Å². The molecule has 0 aliphatic rings. The molecule has 0 aliphatic carbocycles. The quantitative estimate of drug-likeness (QED) is 0.877. The Balaban J connectivity index is 1.95. The molecule has 0 atom stereocenters. The summed E-state index contributed by atoms with van der Waals surface area (Å²) in [5.74, 6) is -1.13. The molecule has 0 saturated carbocycles. The van der Waals surface area contributed by atoms with Gasteiger partial charge in [0.25, 0.3) is 0 Å². The number of aromatic nitrogens is 2. The minimum Gasteiger partial charge on any atom is -0.476 e. The van der Waals surface area contributed by atoms with Crippen LogP contribution in [0.15, 0.2) is 41.1 Å². The summed E-state index contributed by atoms with van der Waals surface area (Å²) in [7, 11) is 0. The smallest absolute Gasteiger partial charge is 0.413 e. The number of ether oxygens (including phenoxy) is 1. The predicted octanol–water partition coefficient (Wildman–Crippen LogP) is 2.69. The lowest BCUT2D eigenvalue weighted by Gasteiger charge is -2.07. The number of halogens is 1. The number of amides is 1. The van der Waals surface area contributed by atoms with Crippen molar-refractivity contribution in [2.75, 3.05) is 5.32 Å². The van der Waals surface area contributed by atoms with E-state index in [0.717, 1.165) is 11.8 Å². The minimum absolute atomic E-state index is 0.0815. The molecule has 0 saturated heterocycles. The Morgan fingerprint density at radius 1 is 1.29 bits per heavy atom. The number of carbonyl (C=O) groups excluding carboxylic acids is 1. The first-order valence-corrected chi connectivity index (χ1v) is 6.59. The van der Waals surface area contributed by atoms with Gasteiger partial charge in [-0.2, -0.15) is 0 Å². The maximum absolute atomic E-state index is 11.6. The Hall–Kier alpha value is -2.48. The van der Waals surface area contributed by atoms with E-state index in [-0.39, 0.29) is 22.7 Å². The Bertz CT molecular complexity index is 664. The van der Waals surface area contributed by atoms with E-state index in [2.05, 4.69) is 31.2 Å². The summed E-state index contributed by atoms with van der Waals surface area (Å²) in [6, 6.07) is 9.18. The van der Waals surface area contributed by atoms with Gasteiger partial charge in [0.05, 0.1) is 6.20 Å². The lowest BCUT2D eigenvalue weighted by Crippen LogP contribution is -2.16. The van der Waals surface area contributed by atoms with Gasteiger partial charge in [-0.15, -0.1) is 0 Å². The van der Waals surface area contributed by atoms with E-state index in [4.69, 9.17) is 9.84 Å². The topological polar surface area (TPSA) is 101 Å². The van der Waals surface area contributed by atoms with Crippen molar-refractivity contribution in [1.29, 1.82) is 0 Å². The number of carbonyl (C=O) groups is 2. The molecule has 0 aliphatic heterocycles. The second-order valence-corrected chi connectivity index (χ2v) is 4.64. The molecule has 2 rings (SSSR count). The van der Waals surface area contributed by atoms with Crippen molar-refractivity contribution in [1.82, 2.24) is 9.97 Å². The van der Waals surface area contributed by atoms with Crippen molar-refractivity contribution in [3.05, 3.63) is 52.4 Å². The standard InChI is InChI=1S/C13H10BrN3O4/c14-10-11(15-6-9(16-10)12(18)19)17-13(20)21-7-8-4-2-1-3-5-8/h1-6H,7H2,(H,18,19)(H,15,17,20). The van der Waals surface area contributed by atoms with Crippen LogP contribution in [0.25, 0.3) is 0 Å². The Kier molecular flexibility index (Phi) is 4.83. The predicted molar refractivity (Wildman–Crippen MR) is 76.9 cm³/mol. The summed E-state index contributed by atoms with van der Waals surface area (Å²) in [5, 5.41) is 11.1. The Morgan fingerprint density at radius 3 is 2.62 bits per heavy atom. The number of anilines is 1. The molecule has 7 nitrogen and oxygen atoms in total. The van der Waals surface area contributed by atoms with E-state index in [1.807, 2.05) is 30.3 Å². The van der Waals surface area contributed by atoms with Crippen LogP contribution in [0.3, 0.4) is 0 Å². The summed E-state index contributed by atoms with van der Waals surface area (Å²) in [6.45, 7) is 0.116. The van der Waals surface area contributed by atoms with Gasteiger partial charge in [0.15, 0.2) is 11.5 Å². The largest absolute Gasteiger partial charge is 0.476 e. The van der Waals surface area contributed by atoms with Gasteiger partial charge in [0, 0.05) is 0 Å². The van der Waals surface area contributed by atoms with Crippen LogP contribution in [0.2, 0.25) is 0 Å². The van der Waals surface area contributed by atoms with Crippen molar-refractivity contribution in [3.63, 3.8) is 0 Å². The zero-order valence-electron chi connectivity index (χ0n) is 10.6. The van der Waals surface area contributed by atoms with E-state index in [0.29, 0.717) is 0 Å². The Labute approximate surface area is 128 Å². The zero-order valence-corrected chi connectivity index (χ0v) is 12.2. The van der Waals surface area contributed by atoms with Gasteiger partial charge in [-0.3, -0.25) is 5.32 Å². The average molecular weight is 352 g/mol. The van der Waals surface area contributed by atoms with Gasteiger partial charge < -0.3 is 9.84 Å². The highest BCUT2D eigenvalue weighted by Gasteiger charge is 2.12. The number of carboxylic acids is 1. The fraction of sp³-hybridized carbons (Fsp3) is 0.0769. The SMILES string of the molecule is O=C(Nc1ncc(C(=O)O)nc1Br)OCc1ccccc1. The molecule has 108 valence electrons. The van der Waals surface area contributed by atoms with E-state index < -0.39 is 12.1 Å². The number of rotatable bonds is 4. The molecular weight excluding hydrogens is 342 g/mol. The molecule has 8 heteroatoms. The number of hydrogen-bond acceptors (Lipinski definition) is 5. The van der Waals surface area contributed by atoms with Gasteiger partial charge >= 0.3 is 12.1 Å². The maximum Gasteiger partial charge on any atom is 0.413 e. The molecule has 2 aromatic rings. The molecule has 0 spiro atoms. The monoisotopic (exact) mass is 351 g/mol. The van der Waals surface area contributed by atoms with Crippen LogP contribution in [0.4, 0.5) is 10.6 Å². The molecule has 1 aromatic heterocycles. The fourth-order valence-corrected chi connectivity index (χ4v) is 1.80. The van der Waals surface area contributed by atoms with Crippen LogP contribution < -0.4 is 5.32 Å². The van der Waals surface area contributed by atoms with Crippen molar-refractivity contribution in [2.24, 2.45) is 0 Å². The normalized spacial score (nSPS) is 9.95. The van der Waals surface area contributed by atoms with Crippen molar-refractivity contribution in [2.45, 2.75) is 6.61 Å². The number of aromatic carboxylic acids is 1. The number of nitrogens with zero attached hydrogens (tertiary/aromatic N) is 2. The zero-order chi connectivity index (χ0) is 15.2. The van der Waals surface area contributed by atoms with Crippen LogP contribution in [0.1, 0.15) is 16.1 Å². The van der Waals surface area contributed by atoms with E-state index >= 15 is 0 Å². The second-order valence-electron chi connectivity index (χ2n) is 3.89. The minimum atomic E-state index is -1.21. The van der Waals surface area contributed by atoms with Crippen LogP contribution in [0.5, 0.6) is 0 Å². The average Bonchev–Trinajstić information content (AvgIpc) is 2.48. The van der Waals surface area contributed by atoms with Crippen molar-refractivity contribution >= 4 is 33.8 Å².